The van der Waals surface area contributed by atoms with Gasteiger partial charge in [0.05, 0.1) is 11.6 Å². The van der Waals surface area contributed by atoms with E-state index in [1.165, 1.54) is 4.57 Å². The molecular weight excluding hydrogens is 358 g/mol. The van der Waals surface area contributed by atoms with Crippen molar-refractivity contribution in [3.8, 4) is 5.75 Å². The normalized spacial score (nSPS) is 10.4. The van der Waals surface area contributed by atoms with Crippen molar-refractivity contribution >= 4 is 33.2 Å². The number of hydrogen-bond acceptors (Lipinski definition) is 5. The van der Waals surface area contributed by atoms with Crippen LogP contribution in [0.5, 0.6) is 5.75 Å². The molecular formula is C14H14BrNO4S. The van der Waals surface area contributed by atoms with Gasteiger partial charge in [0.15, 0.2) is 0 Å². The zero-order chi connectivity index (χ0) is 15.4. The van der Waals surface area contributed by atoms with E-state index in [4.69, 9.17) is 9.47 Å². The summed E-state index contributed by atoms with van der Waals surface area (Å²) < 4.78 is 12.5. The average molecular weight is 372 g/mol. The number of aryl methyl sites for hydroxylation is 1. The Morgan fingerprint density at radius 3 is 2.76 bits per heavy atom. The predicted molar refractivity (Wildman–Crippen MR) is 83.8 cm³/mol. The molecule has 0 amide bonds. The summed E-state index contributed by atoms with van der Waals surface area (Å²) in [4.78, 5) is 23.1. The van der Waals surface area contributed by atoms with Crippen LogP contribution < -0.4 is 9.61 Å². The van der Waals surface area contributed by atoms with Gasteiger partial charge in [-0.15, -0.1) is 0 Å². The molecule has 0 unspecified atom stereocenters. The van der Waals surface area contributed by atoms with E-state index >= 15 is 0 Å². The Bertz CT molecular complexity index is 707. The number of benzene rings is 1. The molecule has 0 aliphatic rings. The van der Waals surface area contributed by atoms with E-state index in [-0.39, 0.29) is 18.0 Å². The molecule has 0 radical (unpaired) electrons. The van der Waals surface area contributed by atoms with Crippen molar-refractivity contribution in [1.82, 2.24) is 4.57 Å². The molecule has 1 heterocycles. The van der Waals surface area contributed by atoms with Gasteiger partial charge in [-0.2, -0.15) is 0 Å². The number of carbonyl (C=O) groups excluding carboxylic acids is 1. The maximum Gasteiger partial charge on any atom is 0.326 e. The van der Waals surface area contributed by atoms with Crippen molar-refractivity contribution in [2.24, 2.45) is 0 Å². The topological polar surface area (TPSA) is 57.5 Å². The van der Waals surface area contributed by atoms with Crippen LogP contribution in [0.1, 0.15) is 11.3 Å². The summed E-state index contributed by atoms with van der Waals surface area (Å²) in [6.07, 6.45) is 0. The highest BCUT2D eigenvalue weighted by Crippen LogP contribution is 2.25. The van der Waals surface area contributed by atoms with Gasteiger partial charge in [0.1, 0.15) is 18.9 Å². The monoisotopic (exact) mass is 371 g/mol. The zero-order valence-corrected chi connectivity index (χ0v) is 14.0. The first-order chi connectivity index (χ1) is 10.0. The molecule has 1 aromatic carbocycles. The van der Waals surface area contributed by atoms with Crippen LogP contribution in [0.3, 0.4) is 0 Å². The molecule has 0 fully saturated rings. The number of ether oxygens (including phenoxy) is 2. The smallest absolute Gasteiger partial charge is 0.326 e. The largest absolute Gasteiger partial charge is 0.496 e. The van der Waals surface area contributed by atoms with Gasteiger partial charge in [0.25, 0.3) is 0 Å². The Morgan fingerprint density at radius 2 is 2.19 bits per heavy atom. The summed E-state index contributed by atoms with van der Waals surface area (Å²) in [5, 5.41) is 1.72. The van der Waals surface area contributed by atoms with Crippen LogP contribution in [-0.4, -0.2) is 17.6 Å². The Balaban J connectivity index is 1.95. The molecule has 2 aromatic rings. The molecule has 112 valence electrons. The number of carbonyl (C=O) groups is 1. The van der Waals surface area contributed by atoms with E-state index in [0.29, 0.717) is 5.75 Å². The first-order valence-corrected chi connectivity index (χ1v) is 7.81. The number of methoxy groups -OCH3 is 1. The molecule has 21 heavy (non-hydrogen) atoms. The highest BCUT2D eigenvalue weighted by atomic mass is 79.9. The maximum atomic E-state index is 11.8. The van der Waals surface area contributed by atoms with E-state index < -0.39 is 5.97 Å². The van der Waals surface area contributed by atoms with E-state index in [0.717, 1.165) is 27.1 Å². The van der Waals surface area contributed by atoms with E-state index in [1.54, 1.807) is 25.5 Å². The van der Waals surface area contributed by atoms with Crippen LogP contribution in [0.2, 0.25) is 0 Å². The van der Waals surface area contributed by atoms with Crippen molar-refractivity contribution in [3.63, 3.8) is 0 Å². The lowest BCUT2D eigenvalue weighted by molar-refractivity contribution is -0.145. The van der Waals surface area contributed by atoms with E-state index in [1.807, 2.05) is 12.1 Å². The van der Waals surface area contributed by atoms with Crippen LogP contribution in [0.15, 0.2) is 32.8 Å². The second kappa shape index (κ2) is 6.91. The molecule has 0 atom stereocenters. The highest BCUT2D eigenvalue weighted by molar-refractivity contribution is 9.10. The Kier molecular flexibility index (Phi) is 5.19. The van der Waals surface area contributed by atoms with Crippen molar-refractivity contribution in [3.05, 3.63) is 49.0 Å². The lowest BCUT2D eigenvalue weighted by Gasteiger charge is -2.08. The average Bonchev–Trinajstić information content (AvgIpc) is 2.77. The molecule has 0 aliphatic heterocycles. The van der Waals surface area contributed by atoms with Gasteiger partial charge in [0.2, 0.25) is 0 Å². The summed E-state index contributed by atoms with van der Waals surface area (Å²) in [6.45, 7) is 1.87. The standard InChI is InChI=1S/C14H14BrNO4S/c1-9-8-21-14(18)16(9)6-13(17)20-7-10-3-4-12(19-2)11(15)5-10/h3-5,8H,6-7H2,1-2H3. The summed E-state index contributed by atoms with van der Waals surface area (Å²) >= 11 is 4.45. The summed E-state index contributed by atoms with van der Waals surface area (Å²) in [5.41, 5.74) is 1.60. The van der Waals surface area contributed by atoms with E-state index in [2.05, 4.69) is 15.9 Å². The number of hydrogen-bond donors (Lipinski definition) is 0. The number of esters is 1. The van der Waals surface area contributed by atoms with Gasteiger partial charge in [0, 0.05) is 11.1 Å². The van der Waals surface area contributed by atoms with Gasteiger partial charge >= 0.3 is 10.8 Å². The fraction of sp³-hybridized carbons (Fsp3) is 0.286. The molecule has 5 nitrogen and oxygen atoms in total. The molecule has 0 saturated carbocycles. The molecule has 0 N–H and O–H groups in total. The summed E-state index contributed by atoms with van der Waals surface area (Å²) in [7, 11) is 1.58. The molecule has 7 heteroatoms. The first kappa shape index (κ1) is 15.8. The number of rotatable bonds is 5. The predicted octanol–water partition coefficient (Wildman–Crippen LogP) is 2.73. The number of nitrogens with zero attached hydrogens (tertiary/aromatic N) is 1. The lowest BCUT2D eigenvalue weighted by atomic mass is 10.2. The Hall–Kier alpha value is -1.60. The highest BCUT2D eigenvalue weighted by Gasteiger charge is 2.10. The van der Waals surface area contributed by atoms with Crippen molar-refractivity contribution in [1.29, 1.82) is 0 Å². The number of halogens is 1. The Labute approximate surface area is 134 Å². The zero-order valence-electron chi connectivity index (χ0n) is 11.6. The summed E-state index contributed by atoms with van der Waals surface area (Å²) in [6, 6.07) is 5.44. The third kappa shape index (κ3) is 3.95. The summed E-state index contributed by atoms with van der Waals surface area (Å²) in [5.74, 6) is 0.274. The van der Waals surface area contributed by atoms with Crippen LogP contribution in [0, 0.1) is 6.92 Å². The van der Waals surface area contributed by atoms with Gasteiger partial charge in [-0.3, -0.25) is 14.2 Å². The second-order valence-electron chi connectivity index (χ2n) is 4.36. The van der Waals surface area contributed by atoms with Crippen LogP contribution in [-0.2, 0) is 22.7 Å². The third-order valence-corrected chi connectivity index (χ3v) is 4.38. The van der Waals surface area contributed by atoms with Gasteiger partial charge < -0.3 is 9.47 Å². The molecule has 0 saturated heterocycles. The van der Waals surface area contributed by atoms with Crippen LogP contribution >= 0.6 is 27.3 Å². The third-order valence-electron chi connectivity index (χ3n) is 2.88. The SMILES string of the molecule is COc1ccc(COC(=O)Cn2c(C)csc2=O)cc1Br. The van der Waals surface area contributed by atoms with Crippen molar-refractivity contribution in [2.45, 2.75) is 20.1 Å². The van der Waals surface area contributed by atoms with Crippen molar-refractivity contribution < 1.29 is 14.3 Å². The Morgan fingerprint density at radius 1 is 1.43 bits per heavy atom. The molecule has 2 rings (SSSR count). The number of aromatic nitrogens is 1. The van der Waals surface area contributed by atoms with Crippen LogP contribution in [0.25, 0.3) is 0 Å². The maximum absolute atomic E-state index is 11.8. The fourth-order valence-corrected chi connectivity index (χ4v) is 3.06. The molecule has 0 spiro atoms. The number of thiazole rings is 1. The minimum absolute atomic E-state index is 0.0640. The fourth-order valence-electron chi connectivity index (χ4n) is 1.73. The van der Waals surface area contributed by atoms with Gasteiger partial charge in [-0.1, -0.05) is 17.4 Å². The van der Waals surface area contributed by atoms with Gasteiger partial charge in [-0.05, 0) is 40.5 Å². The van der Waals surface area contributed by atoms with E-state index in [9.17, 15) is 9.59 Å². The van der Waals surface area contributed by atoms with Gasteiger partial charge in [-0.25, -0.2) is 0 Å². The van der Waals surface area contributed by atoms with Crippen molar-refractivity contribution in [2.75, 3.05) is 7.11 Å². The minimum Gasteiger partial charge on any atom is -0.496 e. The van der Waals surface area contributed by atoms with Crippen LogP contribution in [0.4, 0.5) is 0 Å². The quantitative estimate of drug-likeness (QED) is 0.758. The first-order valence-electron chi connectivity index (χ1n) is 6.14. The minimum atomic E-state index is -0.439. The molecule has 0 aliphatic carbocycles. The lowest BCUT2D eigenvalue weighted by Crippen LogP contribution is -2.22. The second-order valence-corrected chi connectivity index (χ2v) is 6.03. The molecule has 1 aromatic heterocycles. The molecule has 0 bridgehead atoms.